The van der Waals surface area contributed by atoms with Gasteiger partial charge in [-0.2, -0.15) is 0 Å². The van der Waals surface area contributed by atoms with Crippen molar-refractivity contribution in [3.05, 3.63) is 29.0 Å². The summed E-state index contributed by atoms with van der Waals surface area (Å²) in [6, 6.07) is 2.98. The topological polar surface area (TPSA) is 65.5 Å². The van der Waals surface area contributed by atoms with Gasteiger partial charge >= 0.3 is 5.97 Å². The fourth-order valence-electron chi connectivity index (χ4n) is 1.92. The van der Waals surface area contributed by atoms with Crippen molar-refractivity contribution in [1.82, 2.24) is 15.2 Å². The summed E-state index contributed by atoms with van der Waals surface area (Å²) in [7, 11) is 0. The monoisotopic (exact) mass is 255 g/mol. The molecule has 0 spiro atoms. The smallest absolute Gasteiger partial charge is 0.322 e. The lowest BCUT2D eigenvalue weighted by Crippen LogP contribution is -2.54. The number of rotatable bonds is 3. The van der Waals surface area contributed by atoms with Crippen molar-refractivity contribution in [2.75, 3.05) is 19.6 Å². The maximum Gasteiger partial charge on any atom is 0.322 e. The summed E-state index contributed by atoms with van der Waals surface area (Å²) in [4.78, 5) is 17.2. The maximum absolute atomic E-state index is 11.1. The van der Waals surface area contributed by atoms with E-state index >= 15 is 0 Å². The Kier molecular flexibility index (Phi) is 3.93. The van der Waals surface area contributed by atoms with Gasteiger partial charge in [-0.25, -0.2) is 0 Å². The molecular weight excluding hydrogens is 242 g/mol. The van der Waals surface area contributed by atoms with Crippen molar-refractivity contribution in [2.45, 2.75) is 12.6 Å². The van der Waals surface area contributed by atoms with Crippen LogP contribution in [-0.4, -0.2) is 46.6 Å². The molecule has 5 nitrogen and oxygen atoms in total. The van der Waals surface area contributed by atoms with Gasteiger partial charge in [0.05, 0.1) is 5.69 Å². The number of halogens is 1. The number of carbonyl (C=O) groups is 1. The van der Waals surface area contributed by atoms with Crippen LogP contribution in [0.2, 0.25) is 5.02 Å². The Morgan fingerprint density at radius 3 is 3.24 bits per heavy atom. The first kappa shape index (κ1) is 12.3. The summed E-state index contributed by atoms with van der Waals surface area (Å²) in [5, 5.41) is 12.8. The minimum absolute atomic E-state index is 0.468. The van der Waals surface area contributed by atoms with Crippen LogP contribution in [0.1, 0.15) is 5.69 Å². The molecule has 1 atom stereocenters. The highest BCUT2D eigenvalue weighted by Crippen LogP contribution is 2.13. The van der Waals surface area contributed by atoms with Gasteiger partial charge in [0.2, 0.25) is 0 Å². The molecule has 1 saturated heterocycles. The molecular formula is C11H14ClN3O2. The van der Waals surface area contributed by atoms with Gasteiger partial charge in [0.15, 0.2) is 0 Å². The van der Waals surface area contributed by atoms with Crippen LogP contribution in [0.4, 0.5) is 0 Å². The second kappa shape index (κ2) is 5.44. The number of hydrogen-bond acceptors (Lipinski definition) is 4. The molecule has 1 aromatic heterocycles. The molecule has 1 aliphatic rings. The molecule has 0 saturated carbocycles. The first-order valence-electron chi connectivity index (χ1n) is 5.45. The number of hydrogen-bond donors (Lipinski definition) is 2. The zero-order valence-electron chi connectivity index (χ0n) is 9.27. The second-order valence-electron chi connectivity index (χ2n) is 3.99. The molecule has 0 aliphatic carbocycles. The SMILES string of the molecule is O=C(O)C1CNCCN1Cc1cc(Cl)ccn1. The molecule has 1 aliphatic heterocycles. The van der Waals surface area contributed by atoms with Gasteiger partial charge in [-0.15, -0.1) is 0 Å². The van der Waals surface area contributed by atoms with Crippen LogP contribution in [0.5, 0.6) is 0 Å². The molecule has 1 fully saturated rings. The quantitative estimate of drug-likeness (QED) is 0.828. The normalized spacial score (nSPS) is 21.4. The van der Waals surface area contributed by atoms with Crippen LogP contribution in [0.25, 0.3) is 0 Å². The molecule has 2 heterocycles. The van der Waals surface area contributed by atoms with Crippen LogP contribution in [0, 0.1) is 0 Å². The first-order chi connectivity index (χ1) is 8.16. The minimum atomic E-state index is -0.806. The van der Waals surface area contributed by atoms with Gasteiger partial charge in [-0.05, 0) is 12.1 Å². The van der Waals surface area contributed by atoms with E-state index in [1.54, 1.807) is 18.3 Å². The largest absolute Gasteiger partial charge is 0.480 e. The molecule has 1 aromatic rings. The highest BCUT2D eigenvalue weighted by molar-refractivity contribution is 6.30. The number of piperazine rings is 1. The lowest BCUT2D eigenvalue weighted by Gasteiger charge is -2.33. The molecule has 0 aromatic carbocycles. The van der Waals surface area contributed by atoms with Crippen molar-refractivity contribution in [1.29, 1.82) is 0 Å². The molecule has 92 valence electrons. The predicted octanol–water partition coefficient (Wildman–Crippen LogP) is 0.593. The number of aromatic nitrogens is 1. The first-order valence-corrected chi connectivity index (χ1v) is 5.82. The molecule has 6 heteroatoms. The summed E-state index contributed by atoms with van der Waals surface area (Å²) in [5.41, 5.74) is 0.797. The van der Waals surface area contributed by atoms with E-state index in [0.717, 1.165) is 12.2 Å². The Hall–Kier alpha value is -1.17. The summed E-state index contributed by atoms with van der Waals surface area (Å²) in [5.74, 6) is -0.806. The zero-order valence-corrected chi connectivity index (χ0v) is 10.0. The Morgan fingerprint density at radius 2 is 2.53 bits per heavy atom. The molecule has 1 unspecified atom stereocenters. The Morgan fingerprint density at radius 1 is 1.71 bits per heavy atom. The van der Waals surface area contributed by atoms with E-state index in [9.17, 15) is 4.79 Å². The summed E-state index contributed by atoms with van der Waals surface area (Å²) in [6.45, 7) is 2.48. The predicted molar refractivity (Wildman–Crippen MR) is 64.0 cm³/mol. The average molecular weight is 256 g/mol. The van der Waals surface area contributed by atoms with E-state index in [2.05, 4.69) is 10.3 Å². The van der Waals surface area contributed by atoms with Crippen LogP contribution in [0.15, 0.2) is 18.3 Å². The molecule has 2 rings (SSSR count). The maximum atomic E-state index is 11.1. The van der Waals surface area contributed by atoms with E-state index in [1.807, 2.05) is 4.90 Å². The molecule has 0 bridgehead atoms. The van der Waals surface area contributed by atoms with Crippen molar-refractivity contribution in [2.24, 2.45) is 0 Å². The fraction of sp³-hybridized carbons (Fsp3) is 0.455. The number of nitrogens with zero attached hydrogens (tertiary/aromatic N) is 2. The highest BCUT2D eigenvalue weighted by atomic mass is 35.5. The van der Waals surface area contributed by atoms with Crippen LogP contribution in [0.3, 0.4) is 0 Å². The van der Waals surface area contributed by atoms with Crippen LogP contribution < -0.4 is 5.32 Å². The fourth-order valence-corrected chi connectivity index (χ4v) is 2.10. The van der Waals surface area contributed by atoms with E-state index in [0.29, 0.717) is 24.7 Å². The third-order valence-corrected chi connectivity index (χ3v) is 3.02. The summed E-state index contributed by atoms with van der Waals surface area (Å²) < 4.78 is 0. The van der Waals surface area contributed by atoms with Crippen molar-refractivity contribution < 1.29 is 9.90 Å². The minimum Gasteiger partial charge on any atom is -0.480 e. The van der Waals surface area contributed by atoms with Gasteiger partial charge in [0, 0.05) is 37.4 Å². The Bertz CT molecular complexity index is 413. The molecule has 2 N–H and O–H groups in total. The summed E-state index contributed by atoms with van der Waals surface area (Å²) >= 11 is 5.87. The van der Waals surface area contributed by atoms with E-state index < -0.39 is 12.0 Å². The lowest BCUT2D eigenvalue weighted by atomic mass is 10.2. The van der Waals surface area contributed by atoms with Gasteiger partial charge in [0.25, 0.3) is 0 Å². The van der Waals surface area contributed by atoms with Gasteiger partial charge in [-0.3, -0.25) is 14.7 Å². The van der Waals surface area contributed by atoms with Crippen molar-refractivity contribution >= 4 is 17.6 Å². The lowest BCUT2D eigenvalue weighted by molar-refractivity contribution is -0.144. The van der Waals surface area contributed by atoms with E-state index in [4.69, 9.17) is 16.7 Å². The number of carboxylic acid groups (broad SMARTS) is 1. The van der Waals surface area contributed by atoms with Gasteiger partial charge < -0.3 is 10.4 Å². The standard InChI is InChI=1S/C11H14ClN3O2/c12-8-1-2-14-9(5-8)7-15-4-3-13-6-10(15)11(16)17/h1-2,5,10,13H,3-4,6-7H2,(H,16,17). The van der Waals surface area contributed by atoms with Crippen LogP contribution in [-0.2, 0) is 11.3 Å². The average Bonchev–Trinajstić information content (AvgIpc) is 2.29. The number of nitrogens with one attached hydrogen (secondary N) is 1. The van der Waals surface area contributed by atoms with E-state index in [-0.39, 0.29) is 0 Å². The van der Waals surface area contributed by atoms with Crippen LogP contribution >= 0.6 is 11.6 Å². The Labute approximate surface area is 104 Å². The summed E-state index contributed by atoms with van der Waals surface area (Å²) in [6.07, 6.45) is 1.63. The molecule has 17 heavy (non-hydrogen) atoms. The van der Waals surface area contributed by atoms with Gasteiger partial charge in [-0.1, -0.05) is 11.6 Å². The van der Waals surface area contributed by atoms with Crippen molar-refractivity contribution in [3.63, 3.8) is 0 Å². The third kappa shape index (κ3) is 3.15. The highest BCUT2D eigenvalue weighted by Gasteiger charge is 2.28. The Balaban J connectivity index is 2.08. The molecule has 0 amide bonds. The zero-order chi connectivity index (χ0) is 12.3. The molecule has 0 radical (unpaired) electrons. The van der Waals surface area contributed by atoms with Gasteiger partial charge in [0.1, 0.15) is 6.04 Å². The number of carboxylic acids is 1. The van der Waals surface area contributed by atoms with E-state index in [1.165, 1.54) is 0 Å². The third-order valence-electron chi connectivity index (χ3n) is 2.78. The number of pyridine rings is 1. The second-order valence-corrected chi connectivity index (χ2v) is 4.43. The number of aliphatic carboxylic acids is 1. The van der Waals surface area contributed by atoms with Crippen molar-refractivity contribution in [3.8, 4) is 0 Å².